The summed E-state index contributed by atoms with van der Waals surface area (Å²) in [5, 5.41) is 13.8. The number of rotatable bonds is 5. The van der Waals surface area contributed by atoms with Crippen LogP contribution in [0.2, 0.25) is 0 Å². The molecule has 130 valence electrons. The van der Waals surface area contributed by atoms with Gasteiger partial charge in [0.05, 0.1) is 11.0 Å². The third-order valence-electron chi connectivity index (χ3n) is 3.55. The molecule has 0 spiro atoms. The van der Waals surface area contributed by atoms with E-state index in [9.17, 15) is 32.9 Å². The number of likely N-dealkylation sites (tertiary alicyclic amines) is 1. The average Bonchev–Trinajstić information content (AvgIpc) is 2.76. The van der Waals surface area contributed by atoms with Crippen molar-refractivity contribution in [3.8, 4) is 0 Å². The summed E-state index contributed by atoms with van der Waals surface area (Å²) in [7, 11) is 0. The summed E-state index contributed by atoms with van der Waals surface area (Å²) in [5.74, 6) is -1.02. The Hall–Kier alpha value is -2.65. The summed E-state index contributed by atoms with van der Waals surface area (Å²) in [6.07, 6.45) is -4.69. The third kappa shape index (κ3) is 4.21. The topological polar surface area (TPSA) is 92.6 Å². The minimum Gasteiger partial charge on any atom is -0.374 e. The van der Waals surface area contributed by atoms with Crippen LogP contribution in [0.1, 0.15) is 23.7 Å². The Morgan fingerprint density at radius 1 is 1.46 bits per heavy atom. The number of carbonyl (C=O) groups excluding carboxylic acids is 2. The highest BCUT2D eigenvalue weighted by atomic mass is 19.4. The molecule has 0 bridgehead atoms. The van der Waals surface area contributed by atoms with Gasteiger partial charge in [0.1, 0.15) is 12.2 Å². The largest absolute Gasteiger partial charge is 0.406 e. The molecule has 1 atom stereocenters. The van der Waals surface area contributed by atoms with Crippen molar-refractivity contribution in [3.63, 3.8) is 0 Å². The number of anilines is 1. The first-order chi connectivity index (χ1) is 11.1. The molecule has 0 saturated carbocycles. The first-order valence-electron chi connectivity index (χ1n) is 6.97. The van der Waals surface area contributed by atoms with Gasteiger partial charge in [-0.3, -0.25) is 19.7 Å². The van der Waals surface area contributed by atoms with Gasteiger partial charge in [-0.05, 0) is 19.1 Å². The molecule has 1 aromatic carbocycles. The molecule has 7 nitrogen and oxygen atoms in total. The number of halogens is 3. The highest BCUT2D eigenvalue weighted by Crippen LogP contribution is 2.29. The van der Waals surface area contributed by atoms with Gasteiger partial charge in [0.25, 0.3) is 5.69 Å². The second kappa shape index (κ2) is 6.46. The van der Waals surface area contributed by atoms with Gasteiger partial charge < -0.3 is 10.2 Å². The molecular formula is C14H14F3N3O4. The minimum atomic E-state index is -4.50. The SMILES string of the molecule is CC(=O)c1ccc(N[C@H]2CC(=O)N(CC(F)(F)F)C2)c([N+](=O)[O-])c1. The van der Waals surface area contributed by atoms with Crippen LogP contribution >= 0.6 is 0 Å². The molecule has 1 N–H and O–H groups in total. The first-order valence-corrected chi connectivity index (χ1v) is 6.97. The molecule has 2 rings (SSSR count). The van der Waals surface area contributed by atoms with Crippen molar-refractivity contribution >= 4 is 23.1 Å². The van der Waals surface area contributed by atoms with E-state index in [-0.39, 0.29) is 35.7 Å². The Morgan fingerprint density at radius 3 is 2.67 bits per heavy atom. The second-order valence-electron chi connectivity index (χ2n) is 5.48. The second-order valence-corrected chi connectivity index (χ2v) is 5.48. The standard InChI is InChI=1S/C14H14F3N3O4/c1-8(21)9-2-3-11(12(4-9)20(23)24)18-10-5-13(22)19(6-10)7-14(15,16)17/h2-4,10,18H,5-7H2,1H3/t10-/m0/s1. The number of nitrogens with zero attached hydrogens (tertiary/aromatic N) is 2. The van der Waals surface area contributed by atoms with E-state index in [0.717, 1.165) is 6.07 Å². The predicted molar refractivity (Wildman–Crippen MR) is 77.8 cm³/mol. The molecule has 1 heterocycles. The van der Waals surface area contributed by atoms with Crippen LogP contribution in [0, 0.1) is 10.1 Å². The van der Waals surface area contributed by atoms with Crippen LogP contribution in [0.25, 0.3) is 0 Å². The Morgan fingerprint density at radius 2 is 2.12 bits per heavy atom. The molecule has 1 aromatic rings. The van der Waals surface area contributed by atoms with Gasteiger partial charge in [0, 0.05) is 24.6 Å². The lowest BCUT2D eigenvalue weighted by Crippen LogP contribution is -2.36. The van der Waals surface area contributed by atoms with Crippen LogP contribution in [0.4, 0.5) is 24.5 Å². The Labute approximate surface area is 134 Å². The number of hydrogen-bond donors (Lipinski definition) is 1. The van der Waals surface area contributed by atoms with Gasteiger partial charge in [-0.15, -0.1) is 0 Å². The smallest absolute Gasteiger partial charge is 0.374 e. The van der Waals surface area contributed by atoms with Gasteiger partial charge in [-0.2, -0.15) is 13.2 Å². The quantitative estimate of drug-likeness (QED) is 0.502. The van der Waals surface area contributed by atoms with E-state index in [1.807, 2.05) is 0 Å². The van der Waals surface area contributed by atoms with Crippen molar-refractivity contribution in [2.45, 2.75) is 25.6 Å². The Kier molecular flexibility index (Phi) is 4.76. The van der Waals surface area contributed by atoms with E-state index in [0.29, 0.717) is 4.90 Å². The number of alkyl halides is 3. The molecular weight excluding hydrogens is 331 g/mol. The lowest BCUT2D eigenvalue weighted by molar-refractivity contribution is -0.384. The number of nitro groups is 1. The molecule has 1 amide bonds. The maximum absolute atomic E-state index is 12.4. The number of ketones is 1. The average molecular weight is 345 g/mol. The van der Waals surface area contributed by atoms with Crippen LogP contribution in [-0.2, 0) is 4.79 Å². The molecule has 24 heavy (non-hydrogen) atoms. The molecule has 0 aromatic heterocycles. The van der Waals surface area contributed by atoms with Crippen LogP contribution < -0.4 is 5.32 Å². The van der Waals surface area contributed by atoms with E-state index < -0.39 is 29.6 Å². The van der Waals surface area contributed by atoms with Gasteiger partial charge in [0.15, 0.2) is 5.78 Å². The van der Waals surface area contributed by atoms with Crippen molar-refractivity contribution in [1.82, 2.24) is 4.90 Å². The van der Waals surface area contributed by atoms with Crippen molar-refractivity contribution < 1.29 is 27.7 Å². The van der Waals surface area contributed by atoms with Gasteiger partial charge in [-0.1, -0.05) is 0 Å². The van der Waals surface area contributed by atoms with Crippen molar-refractivity contribution in [1.29, 1.82) is 0 Å². The van der Waals surface area contributed by atoms with E-state index in [2.05, 4.69) is 5.32 Å². The summed E-state index contributed by atoms with van der Waals surface area (Å²) in [6.45, 7) is -0.295. The summed E-state index contributed by atoms with van der Waals surface area (Å²) >= 11 is 0. The number of Topliss-reactive ketones (excluding diaryl/α,β-unsaturated/α-hetero) is 1. The third-order valence-corrected chi connectivity index (χ3v) is 3.55. The summed E-state index contributed by atoms with van der Waals surface area (Å²) in [4.78, 5) is 34.0. The Balaban J connectivity index is 2.16. The summed E-state index contributed by atoms with van der Waals surface area (Å²) in [6, 6.07) is 3.10. The molecule has 0 unspecified atom stereocenters. The molecule has 1 aliphatic rings. The van der Waals surface area contributed by atoms with Crippen molar-refractivity contribution in [2.24, 2.45) is 0 Å². The fourth-order valence-corrected chi connectivity index (χ4v) is 2.48. The van der Waals surface area contributed by atoms with Gasteiger partial charge in [0.2, 0.25) is 5.91 Å². The predicted octanol–water partition coefficient (Wildman–Crippen LogP) is 2.37. The molecule has 10 heteroatoms. The van der Waals surface area contributed by atoms with Crippen LogP contribution in [-0.4, -0.2) is 46.8 Å². The maximum Gasteiger partial charge on any atom is 0.406 e. The number of hydrogen-bond acceptors (Lipinski definition) is 5. The maximum atomic E-state index is 12.4. The number of benzene rings is 1. The molecule has 0 aliphatic carbocycles. The zero-order chi connectivity index (χ0) is 18.1. The van der Waals surface area contributed by atoms with Crippen LogP contribution in [0.5, 0.6) is 0 Å². The summed E-state index contributed by atoms with van der Waals surface area (Å²) in [5.41, 5.74) is -0.172. The highest BCUT2D eigenvalue weighted by Gasteiger charge is 2.38. The fourth-order valence-electron chi connectivity index (χ4n) is 2.48. The number of carbonyl (C=O) groups is 2. The van der Waals surface area contributed by atoms with E-state index in [4.69, 9.17) is 0 Å². The Bertz CT molecular complexity index is 690. The molecule has 1 fully saturated rings. The normalized spacial score (nSPS) is 17.9. The lowest BCUT2D eigenvalue weighted by Gasteiger charge is -2.19. The van der Waals surface area contributed by atoms with Crippen molar-refractivity contribution in [2.75, 3.05) is 18.4 Å². The van der Waals surface area contributed by atoms with E-state index in [1.54, 1.807) is 0 Å². The van der Waals surface area contributed by atoms with Gasteiger partial charge >= 0.3 is 6.18 Å². The van der Waals surface area contributed by atoms with E-state index >= 15 is 0 Å². The molecule has 0 radical (unpaired) electrons. The minimum absolute atomic E-state index is 0.0525. The number of amides is 1. The molecule has 1 saturated heterocycles. The number of nitrogens with one attached hydrogen (secondary N) is 1. The van der Waals surface area contributed by atoms with Crippen LogP contribution in [0.15, 0.2) is 18.2 Å². The van der Waals surface area contributed by atoms with E-state index in [1.165, 1.54) is 19.1 Å². The molecule has 1 aliphatic heterocycles. The summed E-state index contributed by atoms with van der Waals surface area (Å²) < 4.78 is 37.2. The fraction of sp³-hybridized carbons (Fsp3) is 0.429. The number of nitro benzene ring substituents is 1. The first kappa shape index (κ1) is 17.7. The lowest BCUT2D eigenvalue weighted by atomic mass is 10.1. The monoisotopic (exact) mass is 345 g/mol. The van der Waals surface area contributed by atoms with Gasteiger partial charge in [-0.25, -0.2) is 0 Å². The van der Waals surface area contributed by atoms with Crippen molar-refractivity contribution in [3.05, 3.63) is 33.9 Å². The zero-order valence-corrected chi connectivity index (χ0v) is 12.6. The zero-order valence-electron chi connectivity index (χ0n) is 12.6. The van der Waals surface area contributed by atoms with Crippen LogP contribution in [0.3, 0.4) is 0 Å². The highest BCUT2D eigenvalue weighted by molar-refractivity contribution is 5.95.